The van der Waals surface area contributed by atoms with Crippen LogP contribution in [0.25, 0.3) is 10.9 Å². The summed E-state index contributed by atoms with van der Waals surface area (Å²) in [5.74, 6) is 1.08. The summed E-state index contributed by atoms with van der Waals surface area (Å²) in [5.41, 5.74) is 1.85. The molecule has 1 atom stereocenters. The van der Waals surface area contributed by atoms with Gasteiger partial charge in [-0.15, -0.1) is 0 Å². The lowest BCUT2D eigenvalue weighted by molar-refractivity contribution is -0.384. The van der Waals surface area contributed by atoms with Gasteiger partial charge in [-0.2, -0.15) is 9.78 Å². The number of aromatic nitrogens is 2. The van der Waals surface area contributed by atoms with Gasteiger partial charge in [0, 0.05) is 22.5 Å². The van der Waals surface area contributed by atoms with Gasteiger partial charge in [-0.3, -0.25) is 14.9 Å². The van der Waals surface area contributed by atoms with E-state index in [1.807, 2.05) is 26.0 Å². The first-order chi connectivity index (χ1) is 17.3. The SMILES string of the molecule is CC[C@@H](C)c1nc2ccc(Br)cc2c(=O)n1N=Cc1ccc(OCc2ccc([N+](=O)[O-])cc2)c(Cl)c1. The van der Waals surface area contributed by atoms with Gasteiger partial charge in [-0.05, 0) is 66.1 Å². The summed E-state index contributed by atoms with van der Waals surface area (Å²) in [6, 6.07) is 16.7. The zero-order chi connectivity index (χ0) is 25.8. The molecule has 0 aliphatic heterocycles. The van der Waals surface area contributed by atoms with Crippen molar-refractivity contribution in [1.82, 2.24) is 9.66 Å². The molecule has 184 valence electrons. The van der Waals surface area contributed by atoms with Gasteiger partial charge in [-0.1, -0.05) is 41.4 Å². The van der Waals surface area contributed by atoms with Gasteiger partial charge in [0.25, 0.3) is 11.2 Å². The standard InChI is InChI=1S/C26H22BrClN4O4/c1-3-16(2)25-30-23-10-7-19(27)13-21(23)26(33)31(25)29-14-18-6-11-24(22(28)12-18)36-15-17-4-8-20(9-5-17)32(34)35/h4-14,16H,3,15H2,1-2H3/t16-/m1/s1. The van der Waals surface area contributed by atoms with Crippen molar-refractivity contribution in [1.29, 1.82) is 0 Å². The lowest BCUT2D eigenvalue weighted by Gasteiger charge is -2.14. The van der Waals surface area contributed by atoms with Crippen LogP contribution in [0.2, 0.25) is 5.02 Å². The minimum Gasteiger partial charge on any atom is -0.487 e. The monoisotopic (exact) mass is 568 g/mol. The van der Waals surface area contributed by atoms with E-state index >= 15 is 0 Å². The molecule has 0 unspecified atom stereocenters. The number of nitrogens with zero attached hydrogens (tertiary/aromatic N) is 4. The Labute approximate surface area is 220 Å². The number of hydrogen-bond acceptors (Lipinski definition) is 6. The molecule has 0 N–H and O–H groups in total. The number of rotatable bonds is 8. The summed E-state index contributed by atoms with van der Waals surface area (Å²) in [6.07, 6.45) is 2.36. The van der Waals surface area contributed by atoms with Crippen molar-refractivity contribution in [2.75, 3.05) is 0 Å². The Hall–Kier alpha value is -3.56. The maximum atomic E-state index is 13.2. The van der Waals surface area contributed by atoms with E-state index in [9.17, 15) is 14.9 Å². The molecule has 0 aliphatic carbocycles. The van der Waals surface area contributed by atoms with Gasteiger partial charge in [-0.25, -0.2) is 4.98 Å². The zero-order valence-corrected chi connectivity index (χ0v) is 21.9. The van der Waals surface area contributed by atoms with Crippen LogP contribution in [0.3, 0.4) is 0 Å². The summed E-state index contributed by atoms with van der Waals surface area (Å²) in [6.45, 7) is 4.25. The highest BCUT2D eigenvalue weighted by Gasteiger charge is 2.15. The average molecular weight is 570 g/mol. The number of halogens is 2. The first kappa shape index (κ1) is 25.5. The van der Waals surface area contributed by atoms with Crippen molar-refractivity contribution < 1.29 is 9.66 Å². The minimum absolute atomic E-state index is 0.0188. The number of nitro groups is 1. The molecule has 1 heterocycles. The maximum Gasteiger partial charge on any atom is 0.282 e. The Kier molecular flexibility index (Phi) is 7.81. The summed E-state index contributed by atoms with van der Waals surface area (Å²) < 4.78 is 7.90. The van der Waals surface area contributed by atoms with Crippen molar-refractivity contribution in [2.45, 2.75) is 32.8 Å². The van der Waals surface area contributed by atoms with Crippen molar-refractivity contribution >= 4 is 50.3 Å². The Morgan fingerprint density at radius 1 is 1.19 bits per heavy atom. The Morgan fingerprint density at radius 3 is 2.61 bits per heavy atom. The first-order valence-electron chi connectivity index (χ1n) is 11.2. The lowest BCUT2D eigenvalue weighted by atomic mass is 10.1. The average Bonchev–Trinajstić information content (AvgIpc) is 2.87. The molecule has 0 saturated carbocycles. The highest BCUT2D eigenvalue weighted by atomic mass is 79.9. The van der Waals surface area contributed by atoms with E-state index in [4.69, 9.17) is 21.3 Å². The highest BCUT2D eigenvalue weighted by Crippen LogP contribution is 2.26. The summed E-state index contributed by atoms with van der Waals surface area (Å²) >= 11 is 9.82. The van der Waals surface area contributed by atoms with E-state index in [1.54, 1.807) is 42.6 Å². The van der Waals surface area contributed by atoms with Crippen LogP contribution in [0.15, 0.2) is 75.0 Å². The third kappa shape index (κ3) is 5.63. The Balaban J connectivity index is 1.58. The second-order valence-corrected chi connectivity index (χ2v) is 9.53. The van der Waals surface area contributed by atoms with Gasteiger partial charge in [0.1, 0.15) is 18.2 Å². The van der Waals surface area contributed by atoms with Crippen LogP contribution in [-0.2, 0) is 6.61 Å². The second-order valence-electron chi connectivity index (χ2n) is 8.20. The number of hydrogen-bond donors (Lipinski definition) is 0. The molecule has 0 radical (unpaired) electrons. The Morgan fingerprint density at radius 2 is 1.94 bits per heavy atom. The third-order valence-corrected chi connectivity index (χ3v) is 6.49. The van der Waals surface area contributed by atoms with Crippen LogP contribution in [0, 0.1) is 10.1 Å². The van der Waals surface area contributed by atoms with Crippen LogP contribution in [0.5, 0.6) is 5.75 Å². The van der Waals surface area contributed by atoms with Crippen LogP contribution in [0.1, 0.15) is 43.1 Å². The number of benzene rings is 3. The zero-order valence-electron chi connectivity index (χ0n) is 19.5. The second kappa shape index (κ2) is 11.0. The van der Waals surface area contributed by atoms with E-state index in [1.165, 1.54) is 16.8 Å². The quantitative estimate of drug-likeness (QED) is 0.134. The molecular weight excluding hydrogens is 548 g/mol. The molecule has 0 bridgehead atoms. The number of nitro benzene ring substituents is 1. The lowest BCUT2D eigenvalue weighted by Crippen LogP contribution is -2.23. The molecule has 1 aromatic heterocycles. The minimum atomic E-state index is -0.450. The molecule has 3 aromatic carbocycles. The number of ether oxygens (including phenoxy) is 1. The molecule has 36 heavy (non-hydrogen) atoms. The third-order valence-electron chi connectivity index (χ3n) is 5.71. The molecule has 4 rings (SSSR count). The fraction of sp³-hybridized carbons (Fsp3) is 0.192. The molecule has 0 aliphatic rings. The number of non-ortho nitro benzene ring substituents is 1. The van der Waals surface area contributed by atoms with E-state index < -0.39 is 4.92 Å². The fourth-order valence-electron chi connectivity index (χ4n) is 3.49. The van der Waals surface area contributed by atoms with Gasteiger partial charge in [0.05, 0.1) is 27.1 Å². The van der Waals surface area contributed by atoms with Crippen LogP contribution >= 0.6 is 27.5 Å². The van der Waals surface area contributed by atoms with Crippen molar-refractivity contribution in [3.8, 4) is 5.75 Å². The molecular formula is C26H22BrClN4O4. The van der Waals surface area contributed by atoms with E-state index in [2.05, 4.69) is 21.0 Å². The van der Waals surface area contributed by atoms with Crippen LogP contribution in [-0.4, -0.2) is 20.8 Å². The van der Waals surface area contributed by atoms with Crippen LogP contribution in [0.4, 0.5) is 5.69 Å². The topological polar surface area (TPSA) is 99.6 Å². The maximum absolute atomic E-state index is 13.2. The molecule has 4 aromatic rings. The fourth-order valence-corrected chi connectivity index (χ4v) is 4.10. The summed E-state index contributed by atoms with van der Waals surface area (Å²) in [5, 5.41) is 16.1. The molecule has 0 saturated heterocycles. The Bertz CT molecular complexity index is 1520. The summed E-state index contributed by atoms with van der Waals surface area (Å²) in [4.78, 5) is 28.3. The molecule has 0 fully saturated rings. The van der Waals surface area contributed by atoms with Gasteiger partial charge in [0.15, 0.2) is 0 Å². The first-order valence-corrected chi connectivity index (χ1v) is 12.4. The number of fused-ring (bicyclic) bond motifs is 1. The van der Waals surface area contributed by atoms with Crippen molar-refractivity contribution in [3.05, 3.63) is 108 Å². The smallest absolute Gasteiger partial charge is 0.282 e. The molecule has 0 spiro atoms. The van der Waals surface area contributed by atoms with Gasteiger partial charge < -0.3 is 4.74 Å². The highest BCUT2D eigenvalue weighted by molar-refractivity contribution is 9.10. The van der Waals surface area contributed by atoms with Gasteiger partial charge >= 0.3 is 0 Å². The predicted octanol–water partition coefficient (Wildman–Crippen LogP) is 6.70. The van der Waals surface area contributed by atoms with Gasteiger partial charge in [0.2, 0.25) is 0 Å². The van der Waals surface area contributed by atoms with Crippen LogP contribution < -0.4 is 10.3 Å². The molecule has 0 amide bonds. The predicted molar refractivity (Wildman–Crippen MR) is 144 cm³/mol. The molecule has 10 heteroatoms. The van der Waals surface area contributed by atoms with Crippen molar-refractivity contribution in [2.24, 2.45) is 5.10 Å². The normalized spacial score (nSPS) is 12.2. The largest absolute Gasteiger partial charge is 0.487 e. The molecule has 8 nitrogen and oxygen atoms in total. The van der Waals surface area contributed by atoms with Crippen molar-refractivity contribution in [3.63, 3.8) is 0 Å². The van der Waals surface area contributed by atoms with E-state index in [0.29, 0.717) is 33.1 Å². The van der Waals surface area contributed by atoms with E-state index in [-0.39, 0.29) is 23.8 Å². The van der Waals surface area contributed by atoms with E-state index in [0.717, 1.165) is 16.5 Å². The summed E-state index contributed by atoms with van der Waals surface area (Å²) in [7, 11) is 0.